The largest absolute Gasteiger partial charge is 0.397 e. The fourth-order valence-electron chi connectivity index (χ4n) is 1.44. The molecule has 1 aromatic carbocycles. The predicted octanol–water partition coefficient (Wildman–Crippen LogP) is 3.19. The summed E-state index contributed by atoms with van der Waals surface area (Å²) in [6.45, 7) is 0. The number of aldehydes is 1. The monoisotopic (exact) mass is 269 g/mol. The third kappa shape index (κ3) is 1.35. The van der Waals surface area contributed by atoms with Crippen molar-refractivity contribution in [3.05, 3.63) is 28.6 Å². The predicted molar refractivity (Wildman–Crippen MR) is 64.3 cm³/mol. The Hall–Kier alpha value is -0.870. The lowest BCUT2D eigenvalue weighted by Gasteiger charge is -2.05. The van der Waals surface area contributed by atoms with Crippen LogP contribution in [0.1, 0.15) is 15.9 Å². The second-order valence-electron chi connectivity index (χ2n) is 2.95. The number of carbonyl (C=O) groups is 1. The Morgan fingerprint density at radius 3 is 3.00 bits per heavy atom. The maximum atomic E-state index is 10.8. The van der Waals surface area contributed by atoms with E-state index >= 15 is 0 Å². The van der Waals surface area contributed by atoms with Crippen LogP contribution in [0.5, 0.6) is 0 Å². The highest BCUT2D eigenvalue weighted by atomic mass is 79.9. The zero-order chi connectivity index (χ0) is 10.1. The Morgan fingerprint density at radius 2 is 2.36 bits per heavy atom. The van der Waals surface area contributed by atoms with Gasteiger partial charge in [0, 0.05) is 16.3 Å². The maximum Gasteiger partial charge on any atom is 0.150 e. The van der Waals surface area contributed by atoms with Crippen LogP contribution in [0.15, 0.2) is 17.5 Å². The highest BCUT2D eigenvalue weighted by Gasteiger charge is 2.09. The van der Waals surface area contributed by atoms with Gasteiger partial charge >= 0.3 is 0 Å². The normalized spacial score (nSPS) is 10.6. The number of halogens is 1. The van der Waals surface area contributed by atoms with Crippen LogP contribution in [0.3, 0.4) is 0 Å². The summed E-state index contributed by atoms with van der Waals surface area (Å²) in [7, 11) is 0. The summed E-state index contributed by atoms with van der Waals surface area (Å²) in [6.07, 6.45) is 0.876. The standard InChI is InChI=1S/C10H8BrNOS/c11-4-6-3-7(5-13)8-1-2-14-10(8)9(6)12/h1-3,5H,4,12H2. The fraction of sp³-hybridized carbons (Fsp3) is 0.100. The van der Waals surface area contributed by atoms with Gasteiger partial charge in [0.25, 0.3) is 0 Å². The molecule has 0 bridgehead atoms. The molecular formula is C10H8BrNOS. The summed E-state index contributed by atoms with van der Waals surface area (Å²) in [6, 6.07) is 3.77. The molecule has 0 saturated heterocycles. The molecule has 0 spiro atoms. The number of hydrogen-bond acceptors (Lipinski definition) is 3. The zero-order valence-corrected chi connectivity index (χ0v) is 9.69. The van der Waals surface area contributed by atoms with Crippen LogP contribution in [0.2, 0.25) is 0 Å². The highest BCUT2D eigenvalue weighted by Crippen LogP contribution is 2.33. The molecule has 0 amide bonds. The van der Waals surface area contributed by atoms with E-state index < -0.39 is 0 Å². The Bertz CT molecular complexity index is 492. The third-order valence-corrected chi connectivity index (χ3v) is 3.72. The minimum Gasteiger partial charge on any atom is -0.397 e. The van der Waals surface area contributed by atoms with Crippen LogP contribution >= 0.6 is 27.3 Å². The number of carbonyl (C=O) groups excluding carboxylic acids is 1. The second kappa shape index (κ2) is 3.71. The van der Waals surface area contributed by atoms with Crippen molar-refractivity contribution >= 4 is 49.3 Å². The lowest BCUT2D eigenvalue weighted by atomic mass is 10.1. The lowest BCUT2D eigenvalue weighted by molar-refractivity contribution is 0.112. The Morgan fingerprint density at radius 1 is 1.57 bits per heavy atom. The molecule has 1 aromatic heterocycles. The van der Waals surface area contributed by atoms with Gasteiger partial charge in [0.05, 0.1) is 10.4 Å². The minimum absolute atomic E-state index is 0.674. The Labute approximate surface area is 93.9 Å². The summed E-state index contributed by atoms with van der Waals surface area (Å²) in [5.41, 5.74) is 8.42. The number of nitrogens with two attached hydrogens (primary N) is 1. The number of thiophene rings is 1. The first kappa shape index (κ1) is 9.68. The van der Waals surface area contributed by atoms with Gasteiger partial charge in [-0.2, -0.15) is 0 Å². The molecule has 0 aliphatic rings. The summed E-state index contributed by atoms with van der Waals surface area (Å²) >= 11 is 4.92. The number of hydrogen-bond donors (Lipinski definition) is 1. The quantitative estimate of drug-likeness (QED) is 0.517. The van der Waals surface area contributed by atoms with Gasteiger partial charge in [-0.25, -0.2) is 0 Å². The van der Waals surface area contributed by atoms with Gasteiger partial charge < -0.3 is 5.73 Å². The molecule has 0 saturated carbocycles. The smallest absolute Gasteiger partial charge is 0.150 e. The van der Waals surface area contributed by atoms with Crippen molar-refractivity contribution in [2.75, 3.05) is 5.73 Å². The number of benzene rings is 1. The van der Waals surface area contributed by atoms with Crippen LogP contribution in [0.4, 0.5) is 5.69 Å². The molecule has 2 N–H and O–H groups in total. The van der Waals surface area contributed by atoms with E-state index in [1.54, 1.807) is 11.3 Å². The maximum absolute atomic E-state index is 10.8. The molecule has 14 heavy (non-hydrogen) atoms. The van der Waals surface area contributed by atoms with Crippen molar-refractivity contribution in [2.45, 2.75) is 5.33 Å². The van der Waals surface area contributed by atoms with E-state index in [1.807, 2.05) is 17.5 Å². The third-order valence-electron chi connectivity index (χ3n) is 2.17. The van der Waals surface area contributed by atoms with E-state index in [0.29, 0.717) is 10.9 Å². The van der Waals surface area contributed by atoms with Gasteiger partial charge in [-0.3, -0.25) is 4.79 Å². The average Bonchev–Trinajstić information content (AvgIpc) is 2.68. The molecule has 72 valence electrons. The lowest BCUT2D eigenvalue weighted by Crippen LogP contribution is -1.94. The second-order valence-corrected chi connectivity index (χ2v) is 4.43. The van der Waals surface area contributed by atoms with Crippen molar-refractivity contribution in [3.8, 4) is 0 Å². The molecule has 2 rings (SSSR count). The van der Waals surface area contributed by atoms with Gasteiger partial charge in [-0.1, -0.05) is 15.9 Å². The fourth-order valence-corrected chi connectivity index (χ4v) is 2.82. The van der Waals surface area contributed by atoms with E-state index in [2.05, 4.69) is 15.9 Å². The molecule has 1 heterocycles. The average molecular weight is 270 g/mol. The molecule has 0 aliphatic carbocycles. The van der Waals surface area contributed by atoms with E-state index in [9.17, 15) is 4.79 Å². The van der Waals surface area contributed by atoms with Crippen molar-refractivity contribution in [2.24, 2.45) is 0 Å². The van der Waals surface area contributed by atoms with Gasteiger partial charge in [0.15, 0.2) is 6.29 Å². The van der Waals surface area contributed by atoms with Gasteiger partial charge in [0.1, 0.15) is 0 Å². The molecule has 4 heteroatoms. The van der Waals surface area contributed by atoms with Crippen LogP contribution in [0.25, 0.3) is 10.1 Å². The number of alkyl halides is 1. The van der Waals surface area contributed by atoms with Gasteiger partial charge in [-0.05, 0) is 23.1 Å². The van der Waals surface area contributed by atoms with Crippen molar-refractivity contribution in [1.29, 1.82) is 0 Å². The van der Waals surface area contributed by atoms with E-state index in [0.717, 1.165) is 27.6 Å². The van der Waals surface area contributed by atoms with Crippen molar-refractivity contribution in [1.82, 2.24) is 0 Å². The number of fused-ring (bicyclic) bond motifs is 1. The number of rotatable bonds is 2. The molecule has 0 aliphatic heterocycles. The Balaban J connectivity index is 2.86. The number of anilines is 1. The topological polar surface area (TPSA) is 43.1 Å². The minimum atomic E-state index is 0.674. The Kier molecular flexibility index (Phi) is 2.56. The molecule has 0 radical (unpaired) electrons. The summed E-state index contributed by atoms with van der Waals surface area (Å²) < 4.78 is 1.00. The summed E-state index contributed by atoms with van der Waals surface area (Å²) in [4.78, 5) is 10.8. The first-order valence-corrected chi connectivity index (χ1v) is 6.07. The summed E-state index contributed by atoms with van der Waals surface area (Å²) in [5.74, 6) is 0. The SMILES string of the molecule is Nc1c(CBr)cc(C=O)c2ccsc12. The number of nitrogen functional groups attached to an aromatic ring is 1. The van der Waals surface area contributed by atoms with Gasteiger partial charge in [-0.15, -0.1) is 11.3 Å². The van der Waals surface area contributed by atoms with Crippen LogP contribution in [0, 0.1) is 0 Å². The molecule has 0 fully saturated rings. The highest BCUT2D eigenvalue weighted by molar-refractivity contribution is 9.08. The van der Waals surface area contributed by atoms with E-state index in [1.165, 1.54) is 0 Å². The molecule has 2 nitrogen and oxygen atoms in total. The van der Waals surface area contributed by atoms with Crippen molar-refractivity contribution in [3.63, 3.8) is 0 Å². The van der Waals surface area contributed by atoms with E-state index in [4.69, 9.17) is 5.73 Å². The zero-order valence-electron chi connectivity index (χ0n) is 7.29. The van der Waals surface area contributed by atoms with Crippen LogP contribution in [-0.2, 0) is 5.33 Å². The molecule has 0 atom stereocenters. The molecule has 0 unspecified atom stereocenters. The molecular weight excluding hydrogens is 262 g/mol. The van der Waals surface area contributed by atoms with E-state index in [-0.39, 0.29) is 0 Å². The summed E-state index contributed by atoms with van der Waals surface area (Å²) in [5, 5.41) is 3.58. The van der Waals surface area contributed by atoms with Gasteiger partial charge in [0.2, 0.25) is 0 Å². The molecule has 2 aromatic rings. The van der Waals surface area contributed by atoms with Crippen LogP contribution < -0.4 is 5.73 Å². The van der Waals surface area contributed by atoms with Crippen molar-refractivity contribution < 1.29 is 4.79 Å². The van der Waals surface area contributed by atoms with Crippen LogP contribution in [-0.4, -0.2) is 6.29 Å². The first-order chi connectivity index (χ1) is 6.77. The first-order valence-electron chi connectivity index (χ1n) is 4.07.